The smallest absolute Gasteiger partial charge is 0.270 e. The first kappa shape index (κ1) is 16.1. The van der Waals surface area contributed by atoms with E-state index in [1.165, 1.54) is 12.8 Å². The van der Waals surface area contributed by atoms with Crippen LogP contribution in [0.25, 0.3) is 10.9 Å². The van der Waals surface area contributed by atoms with Crippen molar-refractivity contribution >= 4 is 32.7 Å². The normalized spacial score (nSPS) is 22.4. The molecule has 0 aliphatic carbocycles. The molecule has 0 saturated carbocycles. The minimum Gasteiger partial charge on any atom is -0.377 e. The number of piperazine rings is 1. The molecule has 4 rings (SSSR count). The molecule has 2 fully saturated rings. The van der Waals surface area contributed by atoms with Gasteiger partial charge in [0.25, 0.3) is 5.91 Å². The van der Waals surface area contributed by atoms with Gasteiger partial charge in [-0.2, -0.15) is 0 Å². The van der Waals surface area contributed by atoms with Crippen LogP contribution in [0.4, 0.5) is 0 Å². The topological polar surface area (TPSA) is 48.6 Å². The summed E-state index contributed by atoms with van der Waals surface area (Å²) in [6.45, 7) is 5.33. The minimum atomic E-state index is 0.0964. The Labute approximate surface area is 150 Å². The van der Waals surface area contributed by atoms with Crippen molar-refractivity contribution in [3.63, 3.8) is 0 Å². The van der Waals surface area contributed by atoms with Gasteiger partial charge in [-0.1, -0.05) is 22.0 Å². The maximum absolute atomic E-state index is 12.7. The summed E-state index contributed by atoms with van der Waals surface area (Å²) in [5, 5.41) is 1.07. The lowest BCUT2D eigenvalue weighted by atomic mass is 10.2. The fraction of sp³-hybridized carbons (Fsp3) is 0.500. The van der Waals surface area contributed by atoms with Crippen LogP contribution < -0.4 is 0 Å². The summed E-state index contributed by atoms with van der Waals surface area (Å²) in [5.74, 6) is 0.0964. The quantitative estimate of drug-likeness (QED) is 0.874. The molecule has 6 heteroatoms. The molecule has 1 unspecified atom stereocenters. The number of nitrogens with one attached hydrogen (secondary N) is 1. The maximum Gasteiger partial charge on any atom is 0.270 e. The first-order chi connectivity index (χ1) is 11.7. The lowest BCUT2D eigenvalue weighted by Gasteiger charge is -2.35. The van der Waals surface area contributed by atoms with Crippen LogP contribution in [0.5, 0.6) is 0 Å². The summed E-state index contributed by atoms with van der Waals surface area (Å²) in [4.78, 5) is 20.4. The summed E-state index contributed by atoms with van der Waals surface area (Å²) in [6.07, 6.45) is 2.74. The number of amides is 1. The Hall–Kier alpha value is -1.37. The van der Waals surface area contributed by atoms with Gasteiger partial charge in [-0.15, -0.1) is 0 Å². The van der Waals surface area contributed by atoms with Crippen molar-refractivity contribution < 1.29 is 9.53 Å². The van der Waals surface area contributed by atoms with E-state index >= 15 is 0 Å². The van der Waals surface area contributed by atoms with Gasteiger partial charge in [0, 0.05) is 54.7 Å². The molecule has 0 bridgehead atoms. The lowest BCUT2D eigenvalue weighted by Crippen LogP contribution is -2.50. The predicted octanol–water partition coefficient (Wildman–Crippen LogP) is 2.87. The van der Waals surface area contributed by atoms with Crippen molar-refractivity contribution in [3.8, 4) is 0 Å². The van der Waals surface area contributed by atoms with Gasteiger partial charge in [-0.25, -0.2) is 0 Å². The van der Waals surface area contributed by atoms with Crippen molar-refractivity contribution in [3.05, 3.63) is 34.4 Å². The van der Waals surface area contributed by atoms with Gasteiger partial charge in [0.15, 0.2) is 0 Å². The van der Waals surface area contributed by atoms with Crippen molar-refractivity contribution in [1.82, 2.24) is 14.8 Å². The third-order valence-electron chi connectivity index (χ3n) is 4.96. The van der Waals surface area contributed by atoms with Gasteiger partial charge in [0.05, 0.1) is 6.10 Å². The molecule has 0 radical (unpaired) electrons. The van der Waals surface area contributed by atoms with Crippen LogP contribution in [0.1, 0.15) is 23.3 Å². The molecular weight excluding hydrogens is 370 g/mol. The third kappa shape index (κ3) is 3.36. The molecule has 128 valence electrons. The van der Waals surface area contributed by atoms with Crippen LogP contribution in [0.2, 0.25) is 0 Å². The predicted molar refractivity (Wildman–Crippen MR) is 97.3 cm³/mol. The molecule has 1 aromatic carbocycles. The zero-order valence-corrected chi connectivity index (χ0v) is 15.2. The molecule has 24 heavy (non-hydrogen) atoms. The Morgan fingerprint density at radius 2 is 2.08 bits per heavy atom. The highest BCUT2D eigenvalue weighted by Gasteiger charge is 2.26. The number of hydrogen-bond donors (Lipinski definition) is 1. The summed E-state index contributed by atoms with van der Waals surface area (Å²) in [7, 11) is 0. The zero-order valence-electron chi connectivity index (χ0n) is 13.6. The Morgan fingerprint density at radius 3 is 2.83 bits per heavy atom. The van der Waals surface area contributed by atoms with E-state index in [2.05, 4.69) is 25.8 Å². The van der Waals surface area contributed by atoms with E-state index in [4.69, 9.17) is 4.74 Å². The van der Waals surface area contributed by atoms with Gasteiger partial charge < -0.3 is 14.6 Å². The monoisotopic (exact) mass is 391 g/mol. The number of nitrogens with zero attached hydrogens (tertiary/aromatic N) is 2. The van der Waals surface area contributed by atoms with E-state index < -0.39 is 0 Å². The van der Waals surface area contributed by atoms with Crippen LogP contribution in [0, 0.1) is 0 Å². The molecule has 2 aromatic rings. The summed E-state index contributed by atoms with van der Waals surface area (Å²) < 4.78 is 6.72. The van der Waals surface area contributed by atoms with Crippen LogP contribution in [0.3, 0.4) is 0 Å². The minimum absolute atomic E-state index is 0.0964. The first-order valence-electron chi connectivity index (χ1n) is 8.60. The van der Waals surface area contributed by atoms with Gasteiger partial charge in [0.2, 0.25) is 0 Å². The van der Waals surface area contributed by atoms with Crippen LogP contribution >= 0.6 is 15.9 Å². The molecule has 2 aliphatic rings. The largest absolute Gasteiger partial charge is 0.377 e. The highest BCUT2D eigenvalue weighted by molar-refractivity contribution is 9.10. The van der Waals surface area contributed by atoms with Gasteiger partial charge in [-0.3, -0.25) is 9.69 Å². The number of benzene rings is 1. The highest BCUT2D eigenvalue weighted by atomic mass is 79.9. The summed E-state index contributed by atoms with van der Waals surface area (Å²) in [5.41, 5.74) is 1.67. The van der Waals surface area contributed by atoms with Crippen molar-refractivity contribution in [2.45, 2.75) is 18.9 Å². The number of halogens is 1. The molecule has 1 aromatic heterocycles. The molecular formula is C18H22BrN3O2. The van der Waals surface area contributed by atoms with E-state index in [1.807, 2.05) is 29.2 Å². The van der Waals surface area contributed by atoms with Gasteiger partial charge >= 0.3 is 0 Å². The first-order valence-corrected chi connectivity index (χ1v) is 9.40. The molecule has 5 nitrogen and oxygen atoms in total. The number of ether oxygens (including phenoxy) is 1. The Kier molecular flexibility index (Phi) is 4.61. The Morgan fingerprint density at radius 1 is 1.25 bits per heavy atom. The average Bonchev–Trinajstić information content (AvgIpc) is 3.24. The second kappa shape index (κ2) is 6.86. The number of fused-ring (bicyclic) bond motifs is 1. The van der Waals surface area contributed by atoms with E-state index in [1.54, 1.807) is 0 Å². The third-order valence-corrected chi connectivity index (χ3v) is 5.45. The molecule has 2 saturated heterocycles. The standard InChI is InChI=1S/C18H22BrN3O2/c19-14-4-3-13-10-17(20-16(13)11-14)18(23)22-7-5-21(6-8-22)12-15-2-1-9-24-15/h3-4,10-11,15,20H,1-2,5-9,12H2. The number of hydrogen-bond acceptors (Lipinski definition) is 3. The second-order valence-electron chi connectivity index (χ2n) is 6.64. The molecule has 3 heterocycles. The fourth-order valence-corrected chi connectivity index (χ4v) is 3.96. The number of rotatable bonds is 3. The number of carbonyl (C=O) groups excluding carboxylic acids is 1. The van der Waals surface area contributed by atoms with E-state index in [0.717, 1.165) is 54.7 Å². The number of aromatic nitrogens is 1. The zero-order chi connectivity index (χ0) is 16.5. The summed E-state index contributed by atoms with van der Waals surface area (Å²) in [6, 6.07) is 7.97. The fourth-order valence-electron chi connectivity index (χ4n) is 3.59. The molecule has 2 aliphatic heterocycles. The molecule has 1 atom stereocenters. The van der Waals surface area contributed by atoms with Crippen LogP contribution in [-0.4, -0.2) is 66.1 Å². The van der Waals surface area contributed by atoms with Crippen molar-refractivity contribution in [2.24, 2.45) is 0 Å². The Balaban J connectivity index is 1.38. The second-order valence-corrected chi connectivity index (χ2v) is 7.56. The van der Waals surface area contributed by atoms with Gasteiger partial charge in [0.1, 0.15) is 5.69 Å². The number of carbonyl (C=O) groups is 1. The van der Waals surface area contributed by atoms with Gasteiger partial charge in [-0.05, 0) is 31.0 Å². The van der Waals surface area contributed by atoms with E-state index in [9.17, 15) is 4.79 Å². The van der Waals surface area contributed by atoms with Crippen LogP contribution in [-0.2, 0) is 4.74 Å². The SMILES string of the molecule is O=C(c1cc2ccc(Br)cc2[nH]1)N1CCN(CC2CCCO2)CC1. The van der Waals surface area contributed by atoms with Crippen LogP contribution in [0.15, 0.2) is 28.7 Å². The Bertz CT molecular complexity index is 731. The van der Waals surface area contributed by atoms with E-state index in [-0.39, 0.29) is 5.91 Å². The van der Waals surface area contributed by atoms with E-state index in [0.29, 0.717) is 11.8 Å². The molecule has 1 amide bonds. The maximum atomic E-state index is 12.7. The summed E-state index contributed by atoms with van der Waals surface area (Å²) >= 11 is 3.47. The number of aromatic amines is 1. The highest BCUT2D eigenvalue weighted by Crippen LogP contribution is 2.21. The number of H-pyrrole nitrogens is 1. The molecule has 0 spiro atoms. The van der Waals surface area contributed by atoms with Crippen molar-refractivity contribution in [1.29, 1.82) is 0 Å². The lowest BCUT2D eigenvalue weighted by molar-refractivity contribution is 0.0430. The van der Waals surface area contributed by atoms with Crippen molar-refractivity contribution in [2.75, 3.05) is 39.3 Å². The molecule has 1 N–H and O–H groups in total. The average molecular weight is 392 g/mol.